The van der Waals surface area contributed by atoms with Gasteiger partial charge < -0.3 is 4.57 Å². The van der Waals surface area contributed by atoms with Gasteiger partial charge in [0.2, 0.25) is 0 Å². The van der Waals surface area contributed by atoms with Crippen LogP contribution in [0.15, 0.2) is 30.3 Å². The fourth-order valence-electron chi connectivity index (χ4n) is 2.92. The standard InChI is InChI=1S/C16H21N3/c1-2-3-9-15-17-18-16-11-14(12-19(15)16)10-13-7-5-4-6-8-13/h4-8,14H,2-3,9-12H2,1H3. The van der Waals surface area contributed by atoms with Crippen molar-refractivity contribution in [1.82, 2.24) is 14.8 Å². The highest BCUT2D eigenvalue weighted by Gasteiger charge is 2.25. The summed E-state index contributed by atoms with van der Waals surface area (Å²) in [6.45, 7) is 3.32. The summed E-state index contributed by atoms with van der Waals surface area (Å²) in [6, 6.07) is 10.8. The monoisotopic (exact) mass is 255 g/mol. The number of rotatable bonds is 5. The molecule has 3 nitrogen and oxygen atoms in total. The average molecular weight is 255 g/mol. The van der Waals surface area contributed by atoms with Crippen LogP contribution in [0.3, 0.4) is 0 Å². The molecule has 0 saturated carbocycles. The fraction of sp³-hybridized carbons (Fsp3) is 0.500. The van der Waals surface area contributed by atoms with E-state index in [9.17, 15) is 0 Å². The van der Waals surface area contributed by atoms with Gasteiger partial charge in [-0.1, -0.05) is 43.7 Å². The maximum Gasteiger partial charge on any atom is 0.133 e. The third-order valence-corrected chi connectivity index (χ3v) is 3.94. The van der Waals surface area contributed by atoms with Crippen LogP contribution in [0.25, 0.3) is 0 Å². The summed E-state index contributed by atoms with van der Waals surface area (Å²) in [6.07, 6.45) is 5.73. The fourth-order valence-corrected chi connectivity index (χ4v) is 2.92. The zero-order valence-corrected chi connectivity index (χ0v) is 11.5. The van der Waals surface area contributed by atoms with Crippen molar-refractivity contribution in [1.29, 1.82) is 0 Å². The van der Waals surface area contributed by atoms with E-state index in [1.807, 2.05) is 0 Å². The van der Waals surface area contributed by atoms with Crippen molar-refractivity contribution < 1.29 is 0 Å². The van der Waals surface area contributed by atoms with Crippen molar-refractivity contribution in [3.05, 3.63) is 47.5 Å². The Kier molecular flexibility index (Phi) is 3.62. The van der Waals surface area contributed by atoms with Crippen LogP contribution in [-0.2, 0) is 25.8 Å². The number of fused-ring (bicyclic) bond motifs is 1. The summed E-state index contributed by atoms with van der Waals surface area (Å²) in [5.41, 5.74) is 1.43. The number of aryl methyl sites for hydroxylation is 1. The van der Waals surface area contributed by atoms with E-state index < -0.39 is 0 Å². The van der Waals surface area contributed by atoms with Gasteiger partial charge in [0.25, 0.3) is 0 Å². The lowest BCUT2D eigenvalue weighted by Gasteiger charge is -2.09. The number of hydrogen-bond donors (Lipinski definition) is 0. The molecule has 3 heteroatoms. The SMILES string of the molecule is CCCCc1nnc2n1CC(Cc1ccccc1)C2. The highest BCUT2D eigenvalue weighted by molar-refractivity contribution is 5.16. The second kappa shape index (κ2) is 5.55. The van der Waals surface area contributed by atoms with E-state index in [0.29, 0.717) is 5.92 Å². The Morgan fingerprint density at radius 3 is 2.84 bits per heavy atom. The van der Waals surface area contributed by atoms with Gasteiger partial charge in [-0.3, -0.25) is 0 Å². The average Bonchev–Trinajstić information content (AvgIpc) is 2.98. The molecule has 2 heterocycles. The van der Waals surface area contributed by atoms with Gasteiger partial charge in [0.15, 0.2) is 0 Å². The van der Waals surface area contributed by atoms with Crippen LogP contribution in [-0.4, -0.2) is 14.8 Å². The van der Waals surface area contributed by atoms with Crippen molar-refractivity contribution in [3.63, 3.8) is 0 Å². The van der Waals surface area contributed by atoms with Crippen molar-refractivity contribution in [3.8, 4) is 0 Å². The van der Waals surface area contributed by atoms with Gasteiger partial charge in [0.1, 0.15) is 11.6 Å². The minimum absolute atomic E-state index is 0.688. The van der Waals surface area contributed by atoms with Crippen LogP contribution >= 0.6 is 0 Å². The summed E-state index contributed by atoms with van der Waals surface area (Å²) in [5, 5.41) is 8.68. The molecular formula is C16H21N3. The van der Waals surface area contributed by atoms with Crippen LogP contribution in [0.1, 0.15) is 37.0 Å². The van der Waals surface area contributed by atoms with Gasteiger partial charge in [-0.2, -0.15) is 0 Å². The molecule has 1 aromatic carbocycles. The van der Waals surface area contributed by atoms with Crippen LogP contribution in [0, 0.1) is 5.92 Å². The Bertz CT molecular complexity index is 530. The van der Waals surface area contributed by atoms with Crippen molar-refractivity contribution in [2.24, 2.45) is 5.92 Å². The van der Waals surface area contributed by atoms with Crippen LogP contribution in [0.2, 0.25) is 0 Å². The molecule has 0 radical (unpaired) electrons. The number of benzene rings is 1. The molecule has 0 aliphatic carbocycles. The van der Waals surface area contributed by atoms with Crippen LogP contribution in [0.5, 0.6) is 0 Å². The number of nitrogens with zero attached hydrogens (tertiary/aromatic N) is 3. The Hall–Kier alpha value is -1.64. The summed E-state index contributed by atoms with van der Waals surface area (Å²) >= 11 is 0. The maximum atomic E-state index is 4.35. The van der Waals surface area contributed by atoms with Crippen LogP contribution < -0.4 is 0 Å². The Labute approximate surface area is 114 Å². The third kappa shape index (κ3) is 2.70. The highest BCUT2D eigenvalue weighted by atomic mass is 15.3. The predicted molar refractivity (Wildman–Crippen MR) is 76.0 cm³/mol. The first-order valence-electron chi connectivity index (χ1n) is 7.31. The molecule has 19 heavy (non-hydrogen) atoms. The Balaban J connectivity index is 1.66. The topological polar surface area (TPSA) is 30.7 Å². The number of aromatic nitrogens is 3. The molecule has 1 aliphatic rings. The number of unbranched alkanes of at least 4 members (excludes halogenated alkanes) is 1. The van der Waals surface area contributed by atoms with E-state index in [4.69, 9.17) is 0 Å². The molecule has 1 aromatic heterocycles. The van der Waals surface area contributed by atoms with Crippen molar-refractivity contribution >= 4 is 0 Å². The summed E-state index contributed by atoms with van der Waals surface area (Å²) < 4.78 is 2.35. The lowest BCUT2D eigenvalue weighted by molar-refractivity contribution is 0.494. The first-order chi connectivity index (χ1) is 9.36. The zero-order valence-electron chi connectivity index (χ0n) is 11.5. The third-order valence-electron chi connectivity index (χ3n) is 3.94. The molecular weight excluding hydrogens is 234 g/mol. The Morgan fingerprint density at radius 2 is 2.05 bits per heavy atom. The molecule has 1 unspecified atom stereocenters. The van der Waals surface area contributed by atoms with Gasteiger partial charge in [0, 0.05) is 19.4 Å². The minimum Gasteiger partial charge on any atom is -0.315 e. The van der Waals surface area contributed by atoms with E-state index in [-0.39, 0.29) is 0 Å². The second-order valence-electron chi connectivity index (χ2n) is 5.51. The molecule has 1 aliphatic heterocycles. The smallest absolute Gasteiger partial charge is 0.133 e. The maximum absolute atomic E-state index is 4.35. The number of hydrogen-bond acceptors (Lipinski definition) is 2. The largest absolute Gasteiger partial charge is 0.315 e. The van der Waals surface area contributed by atoms with Gasteiger partial charge in [-0.15, -0.1) is 10.2 Å². The summed E-state index contributed by atoms with van der Waals surface area (Å²) in [5.74, 6) is 3.06. The first kappa shape index (κ1) is 12.4. The van der Waals surface area contributed by atoms with E-state index in [1.54, 1.807) is 0 Å². The molecule has 0 fully saturated rings. The van der Waals surface area contributed by atoms with Gasteiger partial charge >= 0.3 is 0 Å². The molecule has 100 valence electrons. The van der Waals surface area contributed by atoms with Gasteiger partial charge in [-0.05, 0) is 24.3 Å². The molecule has 0 amide bonds. The molecule has 0 spiro atoms. The van der Waals surface area contributed by atoms with E-state index in [0.717, 1.165) is 25.8 Å². The second-order valence-corrected chi connectivity index (χ2v) is 5.51. The lowest BCUT2D eigenvalue weighted by atomic mass is 9.98. The zero-order chi connectivity index (χ0) is 13.1. The predicted octanol–water partition coefficient (Wildman–Crippen LogP) is 3.04. The first-order valence-corrected chi connectivity index (χ1v) is 7.31. The minimum atomic E-state index is 0.688. The summed E-state index contributed by atoms with van der Waals surface area (Å²) in [4.78, 5) is 0. The Morgan fingerprint density at radius 1 is 1.21 bits per heavy atom. The van der Waals surface area contributed by atoms with Gasteiger partial charge in [-0.25, -0.2) is 0 Å². The van der Waals surface area contributed by atoms with Gasteiger partial charge in [0.05, 0.1) is 0 Å². The normalized spacial score (nSPS) is 17.6. The molecule has 1 atom stereocenters. The molecule has 0 bridgehead atoms. The molecule has 0 N–H and O–H groups in total. The van der Waals surface area contributed by atoms with Crippen molar-refractivity contribution in [2.45, 2.75) is 45.6 Å². The summed E-state index contributed by atoms with van der Waals surface area (Å²) in [7, 11) is 0. The molecule has 2 aromatic rings. The van der Waals surface area contributed by atoms with Crippen LogP contribution in [0.4, 0.5) is 0 Å². The van der Waals surface area contributed by atoms with E-state index in [1.165, 1.54) is 30.1 Å². The quantitative estimate of drug-likeness (QED) is 0.822. The lowest BCUT2D eigenvalue weighted by Crippen LogP contribution is -2.09. The van der Waals surface area contributed by atoms with E-state index in [2.05, 4.69) is 52.0 Å². The van der Waals surface area contributed by atoms with Crippen molar-refractivity contribution in [2.75, 3.05) is 0 Å². The molecule has 0 saturated heterocycles. The highest BCUT2D eigenvalue weighted by Crippen LogP contribution is 2.24. The van der Waals surface area contributed by atoms with E-state index >= 15 is 0 Å². The molecule has 3 rings (SSSR count).